The zero-order valence-corrected chi connectivity index (χ0v) is 15.6. The molecule has 148 valence electrons. The van der Waals surface area contributed by atoms with Crippen LogP contribution in [0.5, 0.6) is 0 Å². The molecule has 0 amide bonds. The molecule has 8 nitrogen and oxygen atoms in total. The lowest BCUT2D eigenvalue weighted by molar-refractivity contribution is -0.384. The van der Waals surface area contributed by atoms with Crippen LogP contribution in [0.4, 0.5) is 15.9 Å². The molecule has 1 aliphatic rings. The van der Waals surface area contributed by atoms with Gasteiger partial charge in [0.1, 0.15) is 0 Å². The molecular formula is C19H23FN6O2. The first-order chi connectivity index (χ1) is 13.6. The third kappa shape index (κ3) is 4.93. The van der Waals surface area contributed by atoms with Crippen molar-refractivity contribution in [1.29, 1.82) is 0 Å². The Morgan fingerprint density at radius 1 is 1.43 bits per heavy atom. The number of aromatic nitrogens is 1. The Balaban J connectivity index is 1.63. The predicted octanol–water partition coefficient (Wildman–Crippen LogP) is 2.46. The summed E-state index contributed by atoms with van der Waals surface area (Å²) < 4.78 is 13.9. The Labute approximate surface area is 162 Å². The topological polar surface area (TPSA) is 95.7 Å². The first-order valence-corrected chi connectivity index (χ1v) is 9.20. The summed E-state index contributed by atoms with van der Waals surface area (Å²) in [7, 11) is 0. The van der Waals surface area contributed by atoms with Crippen molar-refractivity contribution in [3.05, 3.63) is 64.1 Å². The van der Waals surface area contributed by atoms with Gasteiger partial charge in [-0.05, 0) is 31.0 Å². The number of aliphatic imine (C=N–C) groups is 1. The van der Waals surface area contributed by atoms with Gasteiger partial charge in [-0.1, -0.05) is 12.1 Å². The molecule has 1 saturated heterocycles. The van der Waals surface area contributed by atoms with Gasteiger partial charge in [0.15, 0.2) is 17.6 Å². The smallest absolute Gasteiger partial charge is 0.269 e. The van der Waals surface area contributed by atoms with Crippen molar-refractivity contribution in [3.63, 3.8) is 0 Å². The van der Waals surface area contributed by atoms with Crippen molar-refractivity contribution < 1.29 is 9.31 Å². The van der Waals surface area contributed by atoms with Gasteiger partial charge in [-0.15, -0.1) is 0 Å². The van der Waals surface area contributed by atoms with Crippen LogP contribution in [-0.2, 0) is 6.54 Å². The number of nitrogens with zero attached hydrogens (tertiary/aromatic N) is 4. The van der Waals surface area contributed by atoms with Crippen LogP contribution in [0.1, 0.15) is 18.9 Å². The molecule has 1 aliphatic heterocycles. The number of hydrogen-bond donors (Lipinski definition) is 2. The molecule has 1 atom stereocenters. The summed E-state index contributed by atoms with van der Waals surface area (Å²) in [5.41, 5.74) is 0.810. The number of non-ortho nitro benzene ring substituents is 1. The van der Waals surface area contributed by atoms with Crippen LogP contribution in [0.2, 0.25) is 0 Å². The van der Waals surface area contributed by atoms with Gasteiger partial charge in [-0.25, -0.2) is 14.4 Å². The Morgan fingerprint density at radius 2 is 2.29 bits per heavy atom. The molecule has 28 heavy (non-hydrogen) atoms. The number of nitrogens with one attached hydrogen (secondary N) is 2. The second-order valence-electron chi connectivity index (χ2n) is 6.51. The molecule has 2 N–H and O–H groups in total. The number of rotatable bonds is 6. The molecule has 0 spiro atoms. The van der Waals surface area contributed by atoms with E-state index in [0.29, 0.717) is 38.0 Å². The van der Waals surface area contributed by atoms with Crippen LogP contribution in [-0.4, -0.2) is 41.5 Å². The van der Waals surface area contributed by atoms with Crippen LogP contribution in [0.3, 0.4) is 0 Å². The number of benzene rings is 1. The normalized spacial score (nSPS) is 16.9. The fourth-order valence-corrected chi connectivity index (χ4v) is 3.13. The highest BCUT2D eigenvalue weighted by molar-refractivity contribution is 5.80. The number of nitro benzene ring substituents is 1. The predicted molar refractivity (Wildman–Crippen MR) is 106 cm³/mol. The van der Waals surface area contributed by atoms with E-state index in [0.717, 1.165) is 12.0 Å². The lowest BCUT2D eigenvalue weighted by Gasteiger charge is -2.20. The fraction of sp³-hybridized carbons (Fsp3) is 0.368. The Bertz CT molecular complexity index is 860. The number of hydrogen-bond acceptors (Lipinski definition) is 5. The molecule has 1 aromatic carbocycles. The molecule has 0 aliphatic carbocycles. The lowest BCUT2D eigenvalue weighted by atomic mass is 10.2. The highest BCUT2D eigenvalue weighted by atomic mass is 19.1. The van der Waals surface area contributed by atoms with Crippen LogP contribution in [0.15, 0.2) is 47.6 Å². The fourth-order valence-electron chi connectivity index (χ4n) is 3.13. The third-order valence-corrected chi connectivity index (χ3v) is 4.45. The quantitative estimate of drug-likeness (QED) is 0.343. The number of anilines is 1. The summed E-state index contributed by atoms with van der Waals surface area (Å²) in [5.74, 6) is 0.669. The molecule has 9 heteroatoms. The molecule has 3 rings (SSSR count). The molecule has 1 unspecified atom stereocenters. The Morgan fingerprint density at radius 3 is 3.04 bits per heavy atom. The van der Waals surface area contributed by atoms with Gasteiger partial charge in [0.25, 0.3) is 5.69 Å². The van der Waals surface area contributed by atoms with E-state index >= 15 is 0 Å². The minimum Gasteiger partial charge on any atom is -0.357 e. The van der Waals surface area contributed by atoms with Crippen molar-refractivity contribution in [1.82, 2.24) is 15.6 Å². The lowest BCUT2D eigenvalue weighted by Crippen LogP contribution is -2.44. The molecule has 0 saturated carbocycles. The number of nitro groups is 1. The molecule has 2 aromatic rings. The van der Waals surface area contributed by atoms with E-state index in [1.54, 1.807) is 24.4 Å². The average molecular weight is 386 g/mol. The first kappa shape index (κ1) is 19.5. The zero-order valence-electron chi connectivity index (χ0n) is 15.6. The minimum absolute atomic E-state index is 0.0504. The molecule has 1 aromatic heterocycles. The van der Waals surface area contributed by atoms with Crippen LogP contribution in [0.25, 0.3) is 0 Å². The van der Waals surface area contributed by atoms with Gasteiger partial charge in [-0.3, -0.25) is 10.1 Å². The Kier molecular flexibility index (Phi) is 6.36. The summed E-state index contributed by atoms with van der Waals surface area (Å²) in [4.78, 5) is 21.1. The van der Waals surface area contributed by atoms with E-state index in [4.69, 9.17) is 0 Å². The van der Waals surface area contributed by atoms with Crippen molar-refractivity contribution in [2.75, 3.05) is 24.5 Å². The van der Waals surface area contributed by atoms with E-state index in [2.05, 4.69) is 20.6 Å². The largest absolute Gasteiger partial charge is 0.357 e. The van der Waals surface area contributed by atoms with Gasteiger partial charge in [0.05, 0.1) is 11.5 Å². The van der Waals surface area contributed by atoms with Crippen LogP contribution in [0, 0.1) is 15.9 Å². The molecule has 1 fully saturated rings. The SMILES string of the molecule is CCNC(=NCc1cccc([N+](=O)[O-])c1)NC1CCN(c2ncccc2F)C1. The maximum absolute atomic E-state index is 13.9. The Hall–Kier alpha value is -3.23. The van der Waals surface area contributed by atoms with E-state index < -0.39 is 4.92 Å². The number of guanidine groups is 1. The van der Waals surface area contributed by atoms with Gasteiger partial charge in [0.2, 0.25) is 0 Å². The average Bonchev–Trinajstić information content (AvgIpc) is 3.15. The first-order valence-electron chi connectivity index (χ1n) is 9.20. The molecule has 2 heterocycles. The maximum atomic E-state index is 13.9. The molecule has 0 radical (unpaired) electrons. The van der Waals surface area contributed by atoms with Crippen molar-refractivity contribution in [3.8, 4) is 0 Å². The summed E-state index contributed by atoms with van der Waals surface area (Å²) >= 11 is 0. The van der Waals surface area contributed by atoms with Crippen LogP contribution >= 0.6 is 0 Å². The standard InChI is InChI=1S/C19H23FN6O2/c1-2-21-19(23-12-14-5-3-6-16(11-14)26(27)28)24-15-8-10-25(13-15)18-17(20)7-4-9-22-18/h3-7,9,11,15H,2,8,10,12-13H2,1H3,(H2,21,23,24). The van der Waals surface area contributed by atoms with E-state index in [1.165, 1.54) is 18.2 Å². The van der Waals surface area contributed by atoms with Gasteiger partial charge < -0.3 is 15.5 Å². The zero-order chi connectivity index (χ0) is 19.9. The highest BCUT2D eigenvalue weighted by Crippen LogP contribution is 2.20. The maximum Gasteiger partial charge on any atom is 0.269 e. The van der Waals surface area contributed by atoms with E-state index in [1.807, 2.05) is 11.8 Å². The van der Waals surface area contributed by atoms with Gasteiger partial charge in [0, 0.05) is 44.0 Å². The van der Waals surface area contributed by atoms with Crippen molar-refractivity contribution >= 4 is 17.5 Å². The molecular weight excluding hydrogens is 363 g/mol. The second-order valence-corrected chi connectivity index (χ2v) is 6.51. The van der Waals surface area contributed by atoms with Gasteiger partial charge in [-0.2, -0.15) is 0 Å². The van der Waals surface area contributed by atoms with Crippen LogP contribution < -0.4 is 15.5 Å². The second kappa shape index (κ2) is 9.12. The third-order valence-electron chi connectivity index (χ3n) is 4.45. The number of halogens is 1. The molecule has 0 bridgehead atoms. The van der Waals surface area contributed by atoms with E-state index in [-0.39, 0.29) is 17.5 Å². The monoisotopic (exact) mass is 386 g/mol. The summed E-state index contributed by atoms with van der Waals surface area (Å²) in [6, 6.07) is 9.53. The summed E-state index contributed by atoms with van der Waals surface area (Å²) in [6.45, 7) is 4.30. The highest BCUT2D eigenvalue weighted by Gasteiger charge is 2.25. The minimum atomic E-state index is -0.416. The number of pyridine rings is 1. The van der Waals surface area contributed by atoms with Crippen molar-refractivity contribution in [2.45, 2.75) is 25.9 Å². The van der Waals surface area contributed by atoms with Gasteiger partial charge >= 0.3 is 0 Å². The summed E-state index contributed by atoms with van der Waals surface area (Å²) in [5, 5.41) is 17.4. The van der Waals surface area contributed by atoms with E-state index in [9.17, 15) is 14.5 Å². The van der Waals surface area contributed by atoms with Crippen molar-refractivity contribution in [2.24, 2.45) is 4.99 Å². The summed E-state index contributed by atoms with van der Waals surface area (Å²) in [6.07, 6.45) is 2.42.